The first-order valence-corrected chi connectivity index (χ1v) is 6.60. The Labute approximate surface area is 131 Å². The molecule has 2 aromatic rings. The van der Waals surface area contributed by atoms with E-state index in [1.807, 2.05) is 6.92 Å². The zero-order valence-corrected chi connectivity index (χ0v) is 12.7. The minimum absolute atomic E-state index is 0.0993. The van der Waals surface area contributed by atoms with Gasteiger partial charge >= 0.3 is 0 Å². The number of nitrogens with two attached hydrogens (primary N) is 1. The summed E-state index contributed by atoms with van der Waals surface area (Å²) in [6.45, 7) is 1.84. The van der Waals surface area contributed by atoms with E-state index in [-0.39, 0.29) is 16.4 Å². The van der Waals surface area contributed by atoms with E-state index in [1.54, 1.807) is 19.2 Å². The summed E-state index contributed by atoms with van der Waals surface area (Å²) < 4.78 is 5.15. The van der Waals surface area contributed by atoms with Crippen LogP contribution < -0.4 is 10.5 Å². The first-order chi connectivity index (χ1) is 10.4. The molecule has 0 atom stereocenters. The van der Waals surface area contributed by atoms with Gasteiger partial charge in [0, 0.05) is 17.2 Å². The summed E-state index contributed by atoms with van der Waals surface area (Å²) in [7, 11) is 1.54. The highest BCUT2D eigenvalue weighted by Gasteiger charge is 2.14. The number of nitro groups is 1. The summed E-state index contributed by atoms with van der Waals surface area (Å²) in [4.78, 5) is 10.4. The van der Waals surface area contributed by atoms with Crippen LogP contribution in [-0.2, 0) is 0 Å². The summed E-state index contributed by atoms with van der Waals surface area (Å²) in [6.07, 6.45) is 0. The molecule has 0 spiro atoms. The van der Waals surface area contributed by atoms with Crippen molar-refractivity contribution in [2.24, 2.45) is 10.2 Å². The Morgan fingerprint density at radius 2 is 1.91 bits per heavy atom. The highest BCUT2D eigenvalue weighted by molar-refractivity contribution is 6.30. The van der Waals surface area contributed by atoms with Gasteiger partial charge < -0.3 is 10.5 Å². The van der Waals surface area contributed by atoms with Gasteiger partial charge in [-0.25, -0.2) is 0 Å². The second-order valence-corrected chi connectivity index (χ2v) is 4.91. The molecule has 0 radical (unpaired) electrons. The van der Waals surface area contributed by atoms with Crippen LogP contribution in [0.25, 0.3) is 0 Å². The number of nitrogens with zero attached hydrogens (tertiary/aromatic N) is 3. The first kappa shape index (κ1) is 15.7. The van der Waals surface area contributed by atoms with Crippen LogP contribution in [0.3, 0.4) is 0 Å². The van der Waals surface area contributed by atoms with Crippen molar-refractivity contribution in [3.05, 3.63) is 51.0 Å². The molecule has 0 saturated heterocycles. The molecule has 2 N–H and O–H groups in total. The van der Waals surface area contributed by atoms with Crippen molar-refractivity contribution in [2.45, 2.75) is 6.92 Å². The van der Waals surface area contributed by atoms with Crippen LogP contribution in [-0.4, -0.2) is 12.0 Å². The van der Waals surface area contributed by atoms with Gasteiger partial charge in [-0.05, 0) is 30.7 Å². The highest BCUT2D eigenvalue weighted by Crippen LogP contribution is 2.34. The normalized spacial score (nSPS) is 10.9. The minimum atomic E-state index is -0.567. The van der Waals surface area contributed by atoms with Crippen molar-refractivity contribution in [1.29, 1.82) is 0 Å². The maximum absolute atomic E-state index is 11.0. The van der Waals surface area contributed by atoms with Crippen molar-refractivity contribution in [2.75, 3.05) is 12.8 Å². The zero-order valence-electron chi connectivity index (χ0n) is 11.9. The summed E-state index contributed by atoms with van der Waals surface area (Å²) in [5, 5.41) is 19.1. The van der Waals surface area contributed by atoms with Crippen molar-refractivity contribution in [3.8, 4) is 5.75 Å². The second kappa shape index (κ2) is 6.40. The molecule has 0 bridgehead atoms. The maximum atomic E-state index is 11.0. The second-order valence-electron chi connectivity index (χ2n) is 4.47. The van der Waals surface area contributed by atoms with E-state index in [2.05, 4.69) is 10.2 Å². The van der Waals surface area contributed by atoms with Crippen molar-refractivity contribution < 1.29 is 9.66 Å². The van der Waals surface area contributed by atoms with E-state index in [0.717, 1.165) is 5.56 Å². The number of nitro benzene ring substituents is 1. The molecular formula is C14H13ClN4O3. The molecule has 2 aromatic carbocycles. The lowest BCUT2D eigenvalue weighted by Crippen LogP contribution is -1.91. The van der Waals surface area contributed by atoms with Gasteiger partial charge in [-0.3, -0.25) is 10.1 Å². The lowest BCUT2D eigenvalue weighted by molar-refractivity contribution is -0.384. The fourth-order valence-corrected chi connectivity index (χ4v) is 2.00. The average molecular weight is 321 g/mol. The van der Waals surface area contributed by atoms with Crippen LogP contribution in [0.15, 0.2) is 40.6 Å². The Morgan fingerprint density at radius 1 is 1.23 bits per heavy atom. The largest absolute Gasteiger partial charge is 0.496 e. The Kier molecular flexibility index (Phi) is 4.57. The number of azo groups is 1. The van der Waals surface area contributed by atoms with Crippen LogP contribution in [0.2, 0.25) is 5.02 Å². The number of methoxy groups -OCH3 is 1. The molecule has 0 aromatic heterocycles. The molecular weight excluding hydrogens is 308 g/mol. The minimum Gasteiger partial charge on any atom is -0.496 e. The number of aryl methyl sites for hydroxylation is 1. The van der Waals surface area contributed by atoms with Crippen molar-refractivity contribution >= 4 is 34.4 Å². The molecule has 0 heterocycles. The summed E-state index contributed by atoms with van der Waals surface area (Å²) >= 11 is 5.75. The number of hydrogen-bond donors (Lipinski definition) is 1. The number of hydrogen-bond acceptors (Lipinski definition) is 6. The van der Waals surface area contributed by atoms with Crippen molar-refractivity contribution in [3.63, 3.8) is 0 Å². The molecule has 2 rings (SSSR count). The van der Waals surface area contributed by atoms with E-state index in [9.17, 15) is 10.1 Å². The van der Waals surface area contributed by atoms with Crippen LogP contribution in [0.1, 0.15) is 5.56 Å². The van der Waals surface area contributed by atoms with Crippen LogP contribution in [0.5, 0.6) is 5.75 Å². The summed E-state index contributed by atoms with van der Waals surface area (Å²) in [6, 6.07) is 7.47. The van der Waals surface area contributed by atoms with E-state index in [1.165, 1.54) is 18.2 Å². The predicted octanol–water partition coefficient (Wildman–Crippen LogP) is 4.56. The smallest absolute Gasteiger partial charge is 0.298 e. The third kappa shape index (κ3) is 3.32. The fourth-order valence-electron chi connectivity index (χ4n) is 1.83. The molecule has 8 heteroatoms. The van der Waals surface area contributed by atoms with Gasteiger partial charge in [0.25, 0.3) is 5.69 Å². The summed E-state index contributed by atoms with van der Waals surface area (Å²) in [5.74, 6) is 0.633. The molecule has 114 valence electrons. The Bertz CT molecular complexity index is 762. The van der Waals surface area contributed by atoms with Crippen LogP contribution in [0, 0.1) is 17.0 Å². The summed E-state index contributed by atoms with van der Waals surface area (Å²) in [5.41, 5.74) is 7.34. The molecule has 0 saturated carbocycles. The van der Waals surface area contributed by atoms with Crippen LogP contribution in [0.4, 0.5) is 22.7 Å². The topological polar surface area (TPSA) is 103 Å². The number of anilines is 1. The molecule has 22 heavy (non-hydrogen) atoms. The number of ether oxygens (including phenoxy) is 1. The number of nitrogen functional groups attached to an aromatic ring is 1. The molecule has 0 aliphatic heterocycles. The highest BCUT2D eigenvalue weighted by atomic mass is 35.5. The molecule has 0 fully saturated rings. The number of rotatable bonds is 4. The lowest BCUT2D eigenvalue weighted by Gasteiger charge is -2.07. The van der Waals surface area contributed by atoms with Gasteiger partial charge in [-0.1, -0.05) is 11.6 Å². The Hall–Kier alpha value is -2.67. The quantitative estimate of drug-likeness (QED) is 0.386. The van der Waals surface area contributed by atoms with Gasteiger partial charge in [0.15, 0.2) is 5.69 Å². The van der Waals surface area contributed by atoms with Gasteiger partial charge in [-0.2, -0.15) is 0 Å². The molecule has 7 nitrogen and oxygen atoms in total. The van der Waals surface area contributed by atoms with Crippen LogP contribution >= 0.6 is 11.6 Å². The maximum Gasteiger partial charge on any atom is 0.298 e. The lowest BCUT2D eigenvalue weighted by atomic mass is 10.2. The molecule has 0 amide bonds. The van der Waals surface area contributed by atoms with Gasteiger partial charge in [-0.15, -0.1) is 10.2 Å². The van der Waals surface area contributed by atoms with Gasteiger partial charge in [0.2, 0.25) is 0 Å². The molecule has 0 aliphatic carbocycles. The van der Waals surface area contributed by atoms with E-state index in [0.29, 0.717) is 17.1 Å². The van der Waals surface area contributed by atoms with E-state index in [4.69, 9.17) is 22.1 Å². The van der Waals surface area contributed by atoms with E-state index < -0.39 is 4.92 Å². The molecule has 0 aliphatic rings. The Morgan fingerprint density at radius 3 is 2.55 bits per heavy atom. The standard InChI is InChI=1S/C14H13ClN4O3/c1-8-5-12(10(16)7-14(8)22-2)18-17-11-4-3-9(15)6-13(11)19(20)21/h3-7H,16H2,1-2H3. The van der Waals surface area contributed by atoms with E-state index >= 15 is 0 Å². The van der Waals surface area contributed by atoms with Crippen molar-refractivity contribution in [1.82, 2.24) is 0 Å². The van der Waals surface area contributed by atoms with Gasteiger partial charge in [0.1, 0.15) is 11.4 Å². The molecule has 0 unspecified atom stereocenters. The SMILES string of the molecule is COc1cc(N)c(N=Nc2ccc(Cl)cc2[N+](=O)[O-])cc1C. The first-order valence-electron chi connectivity index (χ1n) is 6.22. The number of halogens is 1. The average Bonchev–Trinajstić information content (AvgIpc) is 2.48. The third-order valence-electron chi connectivity index (χ3n) is 2.94. The fraction of sp³-hybridized carbons (Fsp3) is 0.143. The Balaban J connectivity index is 2.41. The monoisotopic (exact) mass is 320 g/mol. The number of benzene rings is 2. The zero-order chi connectivity index (χ0) is 16.3. The predicted molar refractivity (Wildman–Crippen MR) is 84.4 cm³/mol. The van der Waals surface area contributed by atoms with Gasteiger partial charge in [0.05, 0.1) is 17.7 Å². The third-order valence-corrected chi connectivity index (χ3v) is 3.18.